The second-order valence-corrected chi connectivity index (χ2v) is 4.77. The van der Waals surface area contributed by atoms with Gasteiger partial charge in [-0.3, -0.25) is 4.79 Å². The van der Waals surface area contributed by atoms with Gasteiger partial charge in [0, 0.05) is 24.7 Å². The fourth-order valence-corrected chi connectivity index (χ4v) is 2.33. The highest BCUT2D eigenvalue weighted by Crippen LogP contribution is 2.10. The van der Waals surface area contributed by atoms with Gasteiger partial charge in [0.2, 0.25) is 0 Å². The number of nitrogens with zero attached hydrogens (tertiary/aromatic N) is 1. The summed E-state index contributed by atoms with van der Waals surface area (Å²) in [7, 11) is 0. The molecule has 18 heavy (non-hydrogen) atoms. The summed E-state index contributed by atoms with van der Waals surface area (Å²) >= 11 is 0. The van der Waals surface area contributed by atoms with Gasteiger partial charge in [-0.1, -0.05) is 18.2 Å². The molecule has 1 heterocycles. The second-order valence-electron chi connectivity index (χ2n) is 4.77. The van der Waals surface area contributed by atoms with E-state index in [0.717, 1.165) is 44.6 Å². The molecule has 1 aromatic carbocycles. The number of hydrogen-bond donors (Lipinski definition) is 2. The molecule has 4 nitrogen and oxygen atoms in total. The maximum atomic E-state index is 12.0. The quantitative estimate of drug-likeness (QED) is 0.810. The fourth-order valence-electron chi connectivity index (χ4n) is 2.33. The van der Waals surface area contributed by atoms with E-state index in [9.17, 15) is 4.79 Å². The Labute approximate surface area is 108 Å². The first kappa shape index (κ1) is 13.1. The molecule has 1 saturated heterocycles. The summed E-state index contributed by atoms with van der Waals surface area (Å²) < 4.78 is 0. The van der Waals surface area contributed by atoms with Crippen molar-refractivity contribution in [2.45, 2.75) is 18.9 Å². The molecule has 1 aromatic rings. The van der Waals surface area contributed by atoms with E-state index in [-0.39, 0.29) is 11.9 Å². The van der Waals surface area contributed by atoms with Crippen LogP contribution in [-0.2, 0) is 0 Å². The van der Waals surface area contributed by atoms with Crippen LogP contribution in [0.3, 0.4) is 0 Å². The van der Waals surface area contributed by atoms with E-state index in [0.29, 0.717) is 0 Å². The third kappa shape index (κ3) is 3.55. The molecule has 1 aliphatic heterocycles. The van der Waals surface area contributed by atoms with Crippen LogP contribution in [0.5, 0.6) is 0 Å². The highest BCUT2D eigenvalue weighted by molar-refractivity contribution is 5.94. The van der Waals surface area contributed by atoms with Crippen molar-refractivity contribution in [1.82, 2.24) is 10.2 Å². The standard InChI is InChI=1S/C14H21N3O/c15-8-4-9-17-10-7-13(11-17)16-14(18)12-5-2-1-3-6-12/h1-3,5-6,13H,4,7-11,15H2,(H,16,18). The lowest BCUT2D eigenvalue weighted by atomic mass is 10.2. The normalized spacial score (nSPS) is 19.9. The molecule has 0 aliphatic carbocycles. The minimum atomic E-state index is 0.0290. The Morgan fingerprint density at radius 3 is 2.89 bits per heavy atom. The zero-order valence-electron chi connectivity index (χ0n) is 10.6. The van der Waals surface area contributed by atoms with Crippen molar-refractivity contribution in [2.75, 3.05) is 26.2 Å². The third-order valence-corrected chi connectivity index (χ3v) is 3.32. The summed E-state index contributed by atoms with van der Waals surface area (Å²) in [5, 5.41) is 3.09. The number of nitrogens with two attached hydrogens (primary N) is 1. The molecular weight excluding hydrogens is 226 g/mol. The Hall–Kier alpha value is -1.39. The Balaban J connectivity index is 1.79. The molecule has 2 rings (SSSR count). The Bertz CT molecular complexity index is 380. The average molecular weight is 247 g/mol. The van der Waals surface area contributed by atoms with Gasteiger partial charge in [-0.05, 0) is 38.1 Å². The van der Waals surface area contributed by atoms with Gasteiger partial charge in [0.15, 0.2) is 0 Å². The van der Waals surface area contributed by atoms with E-state index >= 15 is 0 Å². The molecule has 1 aliphatic rings. The molecular formula is C14H21N3O. The van der Waals surface area contributed by atoms with Crippen molar-refractivity contribution < 1.29 is 4.79 Å². The number of amides is 1. The molecule has 1 amide bonds. The molecule has 3 N–H and O–H groups in total. The minimum Gasteiger partial charge on any atom is -0.348 e. The fraction of sp³-hybridized carbons (Fsp3) is 0.500. The zero-order chi connectivity index (χ0) is 12.8. The number of rotatable bonds is 5. The molecule has 1 unspecified atom stereocenters. The van der Waals surface area contributed by atoms with Crippen molar-refractivity contribution in [3.8, 4) is 0 Å². The second kappa shape index (κ2) is 6.52. The van der Waals surface area contributed by atoms with Gasteiger partial charge in [0.1, 0.15) is 0 Å². The van der Waals surface area contributed by atoms with E-state index in [1.807, 2.05) is 30.3 Å². The van der Waals surface area contributed by atoms with E-state index in [1.54, 1.807) is 0 Å². The smallest absolute Gasteiger partial charge is 0.251 e. The Kier molecular flexibility index (Phi) is 4.73. The van der Waals surface area contributed by atoms with Crippen LogP contribution in [0.15, 0.2) is 30.3 Å². The van der Waals surface area contributed by atoms with Gasteiger partial charge in [-0.2, -0.15) is 0 Å². The number of carbonyl (C=O) groups is 1. The predicted octanol–water partition coefficient (Wildman–Crippen LogP) is 0.840. The number of carbonyl (C=O) groups excluding carboxylic acids is 1. The summed E-state index contributed by atoms with van der Waals surface area (Å²) in [5.41, 5.74) is 6.24. The molecule has 0 spiro atoms. The van der Waals surface area contributed by atoms with Crippen LogP contribution >= 0.6 is 0 Å². The summed E-state index contributed by atoms with van der Waals surface area (Å²) in [6.07, 6.45) is 2.06. The summed E-state index contributed by atoms with van der Waals surface area (Å²) in [6.45, 7) is 3.77. The molecule has 98 valence electrons. The maximum absolute atomic E-state index is 12.0. The van der Waals surface area contributed by atoms with Crippen molar-refractivity contribution in [3.63, 3.8) is 0 Å². The highest BCUT2D eigenvalue weighted by atomic mass is 16.1. The van der Waals surface area contributed by atoms with Crippen LogP contribution in [-0.4, -0.2) is 43.0 Å². The summed E-state index contributed by atoms with van der Waals surface area (Å²) in [4.78, 5) is 14.3. The van der Waals surface area contributed by atoms with E-state index in [1.165, 1.54) is 0 Å². The molecule has 0 aromatic heterocycles. The first-order valence-corrected chi connectivity index (χ1v) is 6.58. The molecule has 4 heteroatoms. The van der Waals surface area contributed by atoms with Crippen molar-refractivity contribution in [1.29, 1.82) is 0 Å². The van der Waals surface area contributed by atoms with Crippen LogP contribution in [0.25, 0.3) is 0 Å². The summed E-state index contributed by atoms with van der Waals surface area (Å²) in [6, 6.07) is 9.65. The number of hydrogen-bond acceptors (Lipinski definition) is 3. The van der Waals surface area contributed by atoms with Gasteiger partial charge < -0.3 is 16.0 Å². The molecule has 1 fully saturated rings. The van der Waals surface area contributed by atoms with Crippen LogP contribution in [0.4, 0.5) is 0 Å². The van der Waals surface area contributed by atoms with Crippen LogP contribution in [0.2, 0.25) is 0 Å². The lowest BCUT2D eigenvalue weighted by Gasteiger charge is -2.16. The van der Waals surface area contributed by atoms with Crippen molar-refractivity contribution in [3.05, 3.63) is 35.9 Å². The molecule has 1 atom stereocenters. The molecule has 0 saturated carbocycles. The van der Waals surface area contributed by atoms with Crippen LogP contribution < -0.4 is 11.1 Å². The van der Waals surface area contributed by atoms with E-state index in [4.69, 9.17) is 5.73 Å². The molecule has 0 bridgehead atoms. The van der Waals surface area contributed by atoms with Gasteiger partial charge in [-0.25, -0.2) is 0 Å². The van der Waals surface area contributed by atoms with Gasteiger partial charge in [-0.15, -0.1) is 0 Å². The lowest BCUT2D eigenvalue weighted by Crippen LogP contribution is -2.37. The summed E-state index contributed by atoms with van der Waals surface area (Å²) in [5.74, 6) is 0.0290. The maximum Gasteiger partial charge on any atom is 0.251 e. The zero-order valence-corrected chi connectivity index (χ0v) is 10.6. The predicted molar refractivity (Wildman–Crippen MR) is 72.4 cm³/mol. The monoisotopic (exact) mass is 247 g/mol. The van der Waals surface area contributed by atoms with E-state index < -0.39 is 0 Å². The average Bonchev–Trinajstić information content (AvgIpc) is 2.85. The van der Waals surface area contributed by atoms with Gasteiger partial charge in [0.25, 0.3) is 5.91 Å². The first-order chi connectivity index (χ1) is 8.79. The number of likely N-dealkylation sites (tertiary alicyclic amines) is 1. The van der Waals surface area contributed by atoms with Crippen molar-refractivity contribution in [2.24, 2.45) is 5.73 Å². The number of benzene rings is 1. The van der Waals surface area contributed by atoms with E-state index in [2.05, 4.69) is 10.2 Å². The van der Waals surface area contributed by atoms with Gasteiger partial charge in [0.05, 0.1) is 0 Å². The number of nitrogens with one attached hydrogen (secondary N) is 1. The van der Waals surface area contributed by atoms with Crippen LogP contribution in [0.1, 0.15) is 23.2 Å². The first-order valence-electron chi connectivity index (χ1n) is 6.58. The third-order valence-electron chi connectivity index (χ3n) is 3.32. The molecule has 0 radical (unpaired) electrons. The lowest BCUT2D eigenvalue weighted by molar-refractivity contribution is 0.0938. The largest absolute Gasteiger partial charge is 0.348 e. The van der Waals surface area contributed by atoms with Crippen LogP contribution in [0, 0.1) is 0 Å². The Morgan fingerprint density at radius 2 is 2.17 bits per heavy atom. The van der Waals surface area contributed by atoms with Crippen molar-refractivity contribution >= 4 is 5.91 Å². The topological polar surface area (TPSA) is 58.4 Å². The Morgan fingerprint density at radius 1 is 1.39 bits per heavy atom. The SMILES string of the molecule is NCCCN1CCC(NC(=O)c2ccccc2)C1. The highest BCUT2D eigenvalue weighted by Gasteiger charge is 2.23. The van der Waals surface area contributed by atoms with Gasteiger partial charge >= 0.3 is 0 Å². The minimum absolute atomic E-state index is 0.0290.